The summed E-state index contributed by atoms with van der Waals surface area (Å²) in [7, 11) is 0. The summed E-state index contributed by atoms with van der Waals surface area (Å²) in [5, 5.41) is 4.89. The number of imide groups is 1. The van der Waals surface area contributed by atoms with E-state index >= 15 is 0 Å². The highest BCUT2D eigenvalue weighted by atomic mass is 19.1. The summed E-state index contributed by atoms with van der Waals surface area (Å²) in [4.78, 5) is 40.3. The predicted octanol–water partition coefficient (Wildman–Crippen LogP) is 3.27. The van der Waals surface area contributed by atoms with Gasteiger partial charge in [-0.1, -0.05) is 18.2 Å². The molecule has 0 radical (unpaired) electrons. The zero-order valence-electron chi connectivity index (χ0n) is 17.2. The molecule has 2 saturated heterocycles. The maximum Gasteiger partial charge on any atom is 0.329 e. The maximum atomic E-state index is 13.7. The first-order valence-corrected chi connectivity index (χ1v) is 10.2. The number of nitrogens with zero attached hydrogens (tertiary/aromatic N) is 2. The lowest BCUT2D eigenvalue weighted by Crippen LogP contribution is -2.38. The Balaban J connectivity index is 1.45. The average Bonchev–Trinajstić information content (AvgIpc) is 3.36. The van der Waals surface area contributed by atoms with Gasteiger partial charge in [0.1, 0.15) is 18.1 Å². The molecule has 2 fully saturated rings. The van der Waals surface area contributed by atoms with Crippen LogP contribution in [0.3, 0.4) is 0 Å². The second-order valence-electron chi connectivity index (χ2n) is 7.64. The molecule has 2 aromatic rings. The largest absolute Gasteiger partial charge is 0.372 e. The van der Waals surface area contributed by atoms with Gasteiger partial charge in [0.25, 0.3) is 5.91 Å². The molecule has 4 rings (SSSR count). The van der Waals surface area contributed by atoms with Crippen LogP contribution < -0.4 is 15.5 Å². The van der Waals surface area contributed by atoms with Gasteiger partial charge in [0.2, 0.25) is 5.91 Å². The Morgan fingerprint density at radius 2 is 1.90 bits per heavy atom. The van der Waals surface area contributed by atoms with Gasteiger partial charge in [-0.15, -0.1) is 0 Å². The Kier molecular flexibility index (Phi) is 5.70. The molecule has 2 aliphatic heterocycles. The van der Waals surface area contributed by atoms with E-state index in [1.807, 2.05) is 19.1 Å². The molecule has 0 aromatic heterocycles. The van der Waals surface area contributed by atoms with E-state index in [1.165, 1.54) is 31.0 Å². The lowest BCUT2D eigenvalue weighted by molar-refractivity contribution is -0.127. The number of nitrogens with one attached hydrogen (secondary N) is 2. The number of aryl methyl sites for hydroxylation is 1. The first kappa shape index (κ1) is 20.6. The van der Waals surface area contributed by atoms with Gasteiger partial charge in [0, 0.05) is 18.8 Å². The lowest BCUT2D eigenvalue weighted by atomic mass is 10.1. The monoisotopic (exact) mass is 422 g/mol. The van der Waals surface area contributed by atoms with Crippen molar-refractivity contribution < 1.29 is 18.8 Å². The van der Waals surface area contributed by atoms with E-state index in [9.17, 15) is 18.8 Å². The third kappa shape index (κ3) is 4.42. The van der Waals surface area contributed by atoms with Crippen LogP contribution in [0.1, 0.15) is 24.0 Å². The standard InChI is InChI=1S/C23H23FN4O3/c1-15-12-17(27-10-4-5-11-27)9-8-16(15)13-20-22(30)28(23(31)26-20)14-21(29)25-19-7-3-2-6-18(19)24/h2-3,6-9,12-13H,4-5,10-11,14H2,1H3,(H,25,29)(H,26,31). The highest BCUT2D eigenvalue weighted by Crippen LogP contribution is 2.25. The van der Waals surface area contributed by atoms with Crippen molar-refractivity contribution in [2.45, 2.75) is 19.8 Å². The second-order valence-corrected chi connectivity index (χ2v) is 7.64. The van der Waals surface area contributed by atoms with Crippen molar-refractivity contribution in [1.82, 2.24) is 10.2 Å². The van der Waals surface area contributed by atoms with Gasteiger partial charge in [-0.2, -0.15) is 0 Å². The minimum atomic E-state index is -0.689. The number of benzene rings is 2. The normalized spacial score (nSPS) is 17.4. The summed E-state index contributed by atoms with van der Waals surface area (Å²) in [6.45, 7) is 3.52. The van der Waals surface area contributed by atoms with Crippen LogP contribution in [-0.4, -0.2) is 42.4 Å². The topological polar surface area (TPSA) is 81.8 Å². The summed E-state index contributed by atoms with van der Waals surface area (Å²) in [5.41, 5.74) is 3.02. The number of anilines is 2. The minimum Gasteiger partial charge on any atom is -0.372 e. The quantitative estimate of drug-likeness (QED) is 0.573. The van der Waals surface area contributed by atoms with Crippen LogP contribution in [0.5, 0.6) is 0 Å². The number of amides is 4. The summed E-state index contributed by atoms with van der Waals surface area (Å²) in [6, 6.07) is 11.0. The number of hydrogen-bond donors (Lipinski definition) is 2. The Morgan fingerprint density at radius 1 is 1.16 bits per heavy atom. The fourth-order valence-electron chi connectivity index (χ4n) is 3.76. The number of carbonyl (C=O) groups is 3. The van der Waals surface area contributed by atoms with Crippen molar-refractivity contribution in [3.63, 3.8) is 0 Å². The molecular weight excluding hydrogens is 399 g/mol. The molecule has 8 heteroatoms. The Hall–Kier alpha value is -3.68. The van der Waals surface area contributed by atoms with E-state index in [2.05, 4.69) is 21.6 Å². The van der Waals surface area contributed by atoms with Crippen molar-refractivity contribution in [2.75, 3.05) is 29.9 Å². The van der Waals surface area contributed by atoms with Crippen LogP contribution in [0, 0.1) is 12.7 Å². The number of para-hydroxylation sites is 1. The molecule has 7 nitrogen and oxygen atoms in total. The molecule has 0 bridgehead atoms. The molecule has 0 saturated carbocycles. The molecule has 160 valence electrons. The van der Waals surface area contributed by atoms with Crippen molar-refractivity contribution in [1.29, 1.82) is 0 Å². The third-order valence-electron chi connectivity index (χ3n) is 5.44. The van der Waals surface area contributed by atoms with E-state index in [-0.39, 0.29) is 11.4 Å². The number of halogens is 1. The Morgan fingerprint density at radius 3 is 2.61 bits per heavy atom. The molecule has 2 aromatic carbocycles. The number of urea groups is 1. The first-order chi connectivity index (χ1) is 14.9. The Labute approximate surface area is 179 Å². The first-order valence-electron chi connectivity index (χ1n) is 10.2. The van der Waals surface area contributed by atoms with Crippen LogP contribution in [0.25, 0.3) is 6.08 Å². The number of carbonyl (C=O) groups excluding carboxylic acids is 3. The molecule has 0 spiro atoms. The molecule has 31 heavy (non-hydrogen) atoms. The molecule has 2 aliphatic rings. The lowest BCUT2D eigenvalue weighted by Gasteiger charge is -2.18. The summed E-state index contributed by atoms with van der Waals surface area (Å²) in [5.74, 6) is -1.86. The second kappa shape index (κ2) is 8.59. The van der Waals surface area contributed by atoms with Crippen molar-refractivity contribution in [3.05, 3.63) is 65.1 Å². The number of rotatable bonds is 5. The summed E-state index contributed by atoms with van der Waals surface area (Å²) < 4.78 is 13.7. The zero-order valence-corrected chi connectivity index (χ0v) is 17.2. The van der Waals surface area contributed by atoms with Crippen LogP contribution in [-0.2, 0) is 9.59 Å². The van der Waals surface area contributed by atoms with Gasteiger partial charge in [-0.05, 0) is 61.2 Å². The van der Waals surface area contributed by atoms with E-state index in [0.717, 1.165) is 34.8 Å². The van der Waals surface area contributed by atoms with Crippen molar-refractivity contribution in [3.8, 4) is 0 Å². The van der Waals surface area contributed by atoms with Crippen LogP contribution in [0.2, 0.25) is 0 Å². The van der Waals surface area contributed by atoms with Crippen LogP contribution >= 0.6 is 0 Å². The van der Waals surface area contributed by atoms with E-state index in [4.69, 9.17) is 0 Å². The van der Waals surface area contributed by atoms with Gasteiger partial charge in [-0.3, -0.25) is 9.59 Å². The molecule has 0 aliphatic carbocycles. The molecule has 0 unspecified atom stereocenters. The van der Waals surface area contributed by atoms with Gasteiger partial charge in [0.05, 0.1) is 5.69 Å². The van der Waals surface area contributed by atoms with Gasteiger partial charge >= 0.3 is 6.03 Å². The van der Waals surface area contributed by atoms with E-state index < -0.39 is 30.2 Å². The summed E-state index contributed by atoms with van der Waals surface area (Å²) >= 11 is 0. The molecule has 2 N–H and O–H groups in total. The van der Waals surface area contributed by atoms with Gasteiger partial charge < -0.3 is 15.5 Å². The molecular formula is C23H23FN4O3. The minimum absolute atomic E-state index is 0.0102. The van der Waals surface area contributed by atoms with Crippen molar-refractivity contribution >= 4 is 35.3 Å². The van der Waals surface area contributed by atoms with Gasteiger partial charge in [0.15, 0.2) is 0 Å². The predicted molar refractivity (Wildman–Crippen MR) is 116 cm³/mol. The summed E-state index contributed by atoms with van der Waals surface area (Å²) in [6.07, 6.45) is 3.98. The Bertz CT molecular complexity index is 1080. The van der Waals surface area contributed by atoms with Crippen molar-refractivity contribution in [2.24, 2.45) is 0 Å². The third-order valence-corrected chi connectivity index (χ3v) is 5.44. The number of hydrogen-bond acceptors (Lipinski definition) is 4. The highest BCUT2D eigenvalue weighted by molar-refractivity contribution is 6.16. The van der Waals surface area contributed by atoms with E-state index in [1.54, 1.807) is 12.1 Å². The molecule has 0 atom stereocenters. The molecule has 4 amide bonds. The smallest absolute Gasteiger partial charge is 0.329 e. The van der Waals surface area contributed by atoms with Gasteiger partial charge in [-0.25, -0.2) is 14.1 Å². The van der Waals surface area contributed by atoms with Crippen LogP contribution in [0.4, 0.5) is 20.6 Å². The fourth-order valence-corrected chi connectivity index (χ4v) is 3.76. The highest BCUT2D eigenvalue weighted by Gasteiger charge is 2.35. The fraction of sp³-hybridized carbons (Fsp3) is 0.261. The average molecular weight is 422 g/mol. The molecule has 2 heterocycles. The maximum absolute atomic E-state index is 13.7. The zero-order chi connectivity index (χ0) is 22.0. The van der Waals surface area contributed by atoms with Crippen LogP contribution in [0.15, 0.2) is 48.2 Å². The van der Waals surface area contributed by atoms with E-state index in [0.29, 0.717) is 0 Å². The SMILES string of the molecule is Cc1cc(N2CCCC2)ccc1C=C1NC(=O)N(CC(=O)Nc2ccccc2F)C1=O.